The topological polar surface area (TPSA) is 24.9 Å². The van der Waals surface area contributed by atoms with E-state index in [1.807, 2.05) is 19.2 Å². The summed E-state index contributed by atoms with van der Waals surface area (Å²) in [5, 5.41) is 3.16. The summed E-state index contributed by atoms with van der Waals surface area (Å²) in [6.45, 7) is 0. The van der Waals surface area contributed by atoms with E-state index in [9.17, 15) is 4.39 Å². The molecule has 2 aromatic heterocycles. The molecule has 2 rings (SSSR count). The van der Waals surface area contributed by atoms with Crippen LogP contribution in [0.25, 0.3) is 0 Å². The summed E-state index contributed by atoms with van der Waals surface area (Å²) in [7, 11) is 1.85. The maximum Gasteiger partial charge on any atom is 0.141 e. The number of rotatable bonds is 4. The van der Waals surface area contributed by atoms with Gasteiger partial charge in [-0.2, -0.15) is 0 Å². The number of aromatic nitrogens is 1. The van der Waals surface area contributed by atoms with E-state index >= 15 is 0 Å². The normalized spacial score (nSPS) is 12.6. The Morgan fingerprint density at radius 1 is 1.47 bits per heavy atom. The van der Waals surface area contributed by atoms with Gasteiger partial charge in [-0.3, -0.25) is 4.98 Å². The van der Waals surface area contributed by atoms with Crippen molar-refractivity contribution in [3.05, 3.63) is 51.2 Å². The van der Waals surface area contributed by atoms with Crippen LogP contribution in [0, 0.1) is 5.82 Å². The van der Waals surface area contributed by atoms with E-state index in [2.05, 4.69) is 10.3 Å². The van der Waals surface area contributed by atoms with Crippen molar-refractivity contribution in [1.82, 2.24) is 10.3 Å². The fraction of sp³-hybridized carbons (Fsp3) is 0.250. The first-order valence-corrected chi connectivity index (χ1v) is 6.40. The summed E-state index contributed by atoms with van der Waals surface area (Å²) < 4.78 is 13.9. The van der Waals surface area contributed by atoms with Crippen molar-refractivity contribution in [1.29, 1.82) is 0 Å². The van der Waals surface area contributed by atoms with Crippen molar-refractivity contribution in [2.45, 2.75) is 12.5 Å². The molecule has 2 heterocycles. The summed E-state index contributed by atoms with van der Waals surface area (Å²) in [5.41, 5.74) is 0.844. The van der Waals surface area contributed by atoms with Crippen LogP contribution in [0.4, 0.5) is 4.39 Å². The number of pyridine rings is 1. The monoisotopic (exact) mass is 270 g/mol. The number of hydrogen-bond acceptors (Lipinski definition) is 3. The lowest BCUT2D eigenvalue weighted by molar-refractivity contribution is 0.575. The zero-order chi connectivity index (χ0) is 12.3. The summed E-state index contributed by atoms with van der Waals surface area (Å²) in [5.74, 6) is -0.313. The molecule has 2 nitrogen and oxygen atoms in total. The van der Waals surface area contributed by atoms with Crippen LogP contribution in [-0.4, -0.2) is 12.0 Å². The highest BCUT2D eigenvalue weighted by Crippen LogP contribution is 2.26. The molecule has 0 aliphatic carbocycles. The van der Waals surface area contributed by atoms with Gasteiger partial charge in [0, 0.05) is 23.5 Å². The van der Waals surface area contributed by atoms with Gasteiger partial charge in [0.15, 0.2) is 0 Å². The number of thiophene rings is 1. The minimum atomic E-state index is -0.313. The largest absolute Gasteiger partial charge is 0.313 e. The van der Waals surface area contributed by atoms with Crippen molar-refractivity contribution in [3.8, 4) is 0 Å². The highest BCUT2D eigenvalue weighted by molar-refractivity contribution is 7.16. The highest BCUT2D eigenvalue weighted by Gasteiger charge is 2.12. The van der Waals surface area contributed by atoms with Gasteiger partial charge in [-0.15, -0.1) is 11.3 Å². The second kappa shape index (κ2) is 5.58. The second-order valence-electron chi connectivity index (χ2n) is 3.69. The predicted molar refractivity (Wildman–Crippen MR) is 69.0 cm³/mol. The van der Waals surface area contributed by atoms with Gasteiger partial charge in [-0.05, 0) is 30.8 Å². The first-order valence-electron chi connectivity index (χ1n) is 5.21. The van der Waals surface area contributed by atoms with E-state index in [1.54, 1.807) is 17.5 Å². The van der Waals surface area contributed by atoms with Crippen LogP contribution in [0.1, 0.15) is 16.5 Å². The molecule has 1 unspecified atom stereocenters. The zero-order valence-corrected chi connectivity index (χ0v) is 10.9. The van der Waals surface area contributed by atoms with Gasteiger partial charge in [0.1, 0.15) is 5.82 Å². The maximum absolute atomic E-state index is 13.1. The number of likely N-dealkylation sites (N-methyl/N-ethyl adjacent to an activating group) is 1. The lowest BCUT2D eigenvalue weighted by Crippen LogP contribution is -2.18. The molecular formula is C12H12ClFN2S. The van der Waals surface area contributed by atoms with E-state index in [1.165, 1.54) is 17.1 Å². The number of nitrogens with one attached hydrogen (secondary N) is 1. The average Bonchev–Trinajstić information content (AvgIpc) is 2.72. The molecule has 0 aliphatic rings. The Kier molecular flexibility index (Phi) is 4.10. The summed E-state index contributed by atoms with van der Waals surface area (Å²) in [4.78, 5) is 5.03. The molecule has 0 bridgehead atoms. The Balaban J connectivity index is 2.16. The van der Waals surface area contributed by atoms with Crippen LogP contribution in [0.2, 0.25) is 4.34 Å². The molecule has 0 aliphatic heterocycles. The van der Waals surface area contributed by atoms with Gasteiger partial charge >= 0.3 is 0 Å². The zero-order valence-electron chi connectivity index (χ0n) is 9.28. The van der Waals surface area contributed by atoms with Crippen molar-refractivity contribution in [2.75, 3.05) is 7.05 Å². The molecule has 5 heteroatoms. The highest BCUT2D eigenvalue weighted by atomic mass is 35.5. The van der Waals surface area contributed by atoms with Crippen molar-refractivity contribution >= 4 is 22.9 Å². The number of halogens is 2. The fourth-order valence-electron chi connectivity index (χ4n) is 1.67. The van der Waals surface area contributed by atoms with Crippen LogP contribution >= 0.6 is 22.9 Å². The Morgan fingerprint density at radius 3 is 2.88 bits per heavy atom. The molecule has 0 radical (unpaired) electrons. The molecule has 1 N–H and O–H groups in total. The summed E-state index contributed by atoms with van der Waals surface area (Å²) in [6, 6.07) is 5.42. The number of hydrogen-bond donors (Lipinski definition) is 1. The van der Waals surface area contributed by atoms with E-state index in [4.69, 9.17) is 11.6 Å². The van der Waals surface area contributed by atoms with Gasteiger partial charge in [0.2, 0.25) is 0 Å². The molecular weight excluding hydrogens is 259 g/mol. The predicted octanol–water partition coefficient (Wildman–Crippen LogP) is 3.44. The number of nitrogens with zero attached hydrogens (tertiary/aromatic N) is 1. The van der Waals surface area contributed by atoms with Gasteiger partial charge in [-0.1, -0.05) is 11.6 Å². The Labute approximate surface area is 108 Å². The summed E-state index contributed by atoms with van der Waals surface area (Å²) >= 11 is 7.43. The van der Waals surface area contributed by atoms with E-state index < -0.39 is 0 Å². The smallest absolute Gasteiger partial charge is 0.141 e. The molecule has 17 heavy (non-hydrogen) atoms. The fourth-order valence-corrected chi connectivity index (χ4v) is 2.80. The van der Waals surface area contributed by atoms with E-state index in [-0.39, 0.29) is 11.9 Å². The Bertz CT molecular complexity index is 501. The van der Waals surface area contributed by atoms with E-state index in [0.29, 0.717) is 0 Å². The molecule has 0 saturated carbocycles. The third-order valence-electron chi connectivity index (χ3n) is 2.51. The van der Waals surface area contributed by atoms with Crippen LogP contribution in [0.3, 0.4) is 0 Å². The van der Waals surface area contributed by atoms with Gasteiger partial charge in [0.25, 0.3) is 0 Å². The Hall–Kier alpha value is -0.970. The molecule has 0 amide bonds. The van der Waals surface area contributed by atoms with E-state index in [0.717, 1.165) is 16.3 Å². The quantitative estimate of drug-likeness (QED) is 0.921. The SMILES string of the molecule is CNC(Cc1ccc(Cl)s1)c1cncc(F)c1. The molecule has 2 aromatic rings. The molecule has 90 valence electrons. The Morgan fingerprint density at radius 2 is 2.29 bits per heavy atom. The van der Waals surface area contributed by atoms with Crippen molar-refractivity contribution in [3.63, 3.8) is 0 Å². The minimum Gasteiger partial charge on any atom is -0.313 e. The molecule has 0 fully saturated rings. The van der Waals surface area contributed by atoms with Crippen molar-refractivity contribution < 1.29 is 4.39 Å². The van der Waals surface area contributed by atoms with Crippen LogP contribution < -0.4 is 5.32 Å². The van der Waals surface area contributed by atoms with Gasteiger partial charge < -0.3 is 5.32 Å². The summed E-state index contributed by atoms with van der Waals surface area (Å²) in [6.07, 6.45) is 3.66. The first kappa shape index (κ1) is 12.5. The van der Waals surface area contributed by atoms with Gasteiger partial charge in [0.05, 0.1) is 10.5 Å². The van der Waals surface area contributed by atoms with Crippen LogP contribution in [0.5, 0.6) is 0 Å². The third kappa shape index (κ3) is 3.25. The molecule has 0 aromatic carbocycles. The van der Waals surface area contributed by atoms with Crippen molar-refractivity contribution in [2.24, 2.45) is 0 Å². The minimum absolute atomic E-state index is 0.0490. The lowest BCUT2D eigenvalue weighted by atomic mass is 10.1. The second-order valence-corrected chi connectivity index (χ2v) is 5.49. The maximum atomic E-state index is 13.1. The molecule has 0 saturated heterocycles. The average molecular weight is 271 g/mol. The van der Waals surface area contributed by atoms with Crippen LogP contribution in [0.15, 0.2) is 30.6 Å². The molecule has 1 atom stereocenters. The standard InChI is InChI=1S/C12H12ClFN2S/c1-15-11(5-10-2-3-12(13)17-10)8-4-9(14)7-16-6-8/h2-4,6-7,11,15H,5H2,1H3. The first-order chi connectivity index (χ1) is 8.19. The van der Waals surface area contributed by atoms with Crippen LogP contribution in [-0.2, 0) is 6.42 Å². The third-order valence-corrected chi connectivity index (χ3v) is 3.76. The van der Waals surface area contributed by atoms with Gasteiger partial charge in [-0.25, -0.2) is 4.39 Å². The lowest BCUT2D eigenvalue weighted by Gasteiger charge is -2.15. The molecule has 0 spiro atoms.